The fourth-order valence-electron chi connectivity index (χ4n) is 2.72. The van der Waals surface area contributed by atoms with Gasteiger partial charge in [-0.25, -0.2) is 0 Å². The largest absolute Gasteiger partial charge is 0.385 e. The van der Waals surface area contributed by atoms with E-state index in [4.69, 9.17) is 4.74 Å². The second-order valence-electron chi connectivity index (χ2n) is 4.55. The van der Waals surface area contributed by atoms with E-state index in [9.17, 15) is 0 Å². The molecule has 82 valence electrons. The lowest BCUT2D eigenvalue weighted by Crippen LogP contribution is -2.44. The quantitative estimate of drug-likeness (QED) is 0.658. The Labute approximate surface area is 86.8 Å². The van der Waals surface area contributed by atoms with Crippen molar-refractivity contribution in [2.45, 2.75) is 25.3 Å². The van der Waals surface area contributed by atoms with Gasteiger partial charge in [-0.05, 0) is 44.8 Å². The molecule has 2 aliphatic heterocycles. The fraction of sp³-hybridized carbons (Fsp3) is 1.00. The van der Waals surface area contributed by atoms with Crippen molar-refractivity contribution in [1.29, 1.82) is 0 Å². The molecule has 3 atom stereocenters. The van der Waals surface area contributed by atoms with E-state index in [2.05, 4.69) is 10.2 Å². The number of methoxy groups -OCH3 is 1. The van der Waals surface area contributed by atoms with Crippen molar-refractivity contribution >= 4 is 0 Å². The Balaban J connectivity index is 1.65. The van der Waals surface area contributed by atoms with Crippen LogP contribution in [0.2, 0.25) is 0 Å². The summed E-state index contributed by atoms with van der Waals surface area (Å²) < 4.78 is 5.04. The topological polar surface area (TPSA) is 24.5 Å². The zero-order valence-corrected chi connectivity index (χ0v) is 9.17. The third kappa shape index (κ3) is 2.47. The monoisotopic (exact) mass is 198 g/mol. The zero-order valence-electron chi connectivity index (χ0n) is 9.17. The molecule has 2 heterocycles. The molecule has 0 aromatic carbocycles. The lowest BCUT2D eigenvalue weighted by molar-refractivity contribution is 0.184. The van der Waals surface area contributed by atoms with E-state index in [1.165, 1.54) is 32.5 Å². The van der Waals surface area contributed by atoms with Crippen LogP contribution < -0.4 is 5.32 Å². The third-order valence-corrected chi connectivity index (χ3v) is 3.57. The van der Waals surface area contributed by atoms with Crippen LogP contribution in [0.15, 0.2) is 0 Å². The number of fused-ring (bicyclic) bond motifs is 2. The average molecular weight is 198 g/mol. The molecule has 3 unspecified atom stereocenters. The SMILES string of the molecule is COCCCNC1CCN2CCC1C2. The molecule has 0 saturated carbocycles. The van der Waals surface area contributed by atoms with E-state index in [0.717, 1.165) is 31.5 Å². The normalized spacial score (nSPS) is 36.2. The molecule has 3 heteroatoms. The highest BCUT2D eigenvalue weighted by Gasteiger charge is 2.33. The Kier molecular flexibility index (Phi) is 3.79. The molecule has 3 nitrogen and oxygen atoms in total. The van der Waals surface area contributed by atoms with E-state index in [1.807, 2.05) is 0 Å². The molecule has 2 saturated heterocycles. The number of piperidine rings is 1. The van der Waals surface area contributed by atoms with Gasteiger partial charge in [0, 0.05) is 26.3 Å². The van der Waals surface area contributed by atoms with Crippen LogP contribution in [0.1, 0.15) is 19.3 Å². The smallest absolute Gasteiger partial charge is 0.0474 e. The van der Waals surface area contributed by atoms with Crippen LogP contribution in [-0.2, 0) is 4.74 Å². The number of nitrogens with zero attached hydrogens (tertiary/aromatic N) is 1. The summed E-state index contributed by atoms with van der Waals surface area (Å²) in [5.74, 6) is 0.922. The fourth-order valence-corrected chi connectivity index (χ4v) is 2.72. The Hall–Kier alpha value is -0.120. The summed E-state index contributed by atoms with van der Waals surface area (Å²) in [5, 5.41) is 3.68. The van der Waals surface area contributed by atoms with E-state index in [-0.39, 0.29) is 0 Å². The Morgan fingerprint density at radius 3 is 3.07 bits per heavy atom. The molecule has 0 spiro atoms. The highest BCUT2D eigenvalue weighted by molar-refractivity contribution is 4.90. The standard InChI is InChI=1S/C11H22N2O/c1-14-8-2-5-12-11-4-7-13-6-3-10(11)9-13/h10-12H,2-9H2,1H3. The number of ether oxygens (including phenoxy) is 1. The molecule has 0 aromatic heterocycles. The van der Waals surface area contributed by atoms with Gasteiger partial charge in [0.15, 0.2) is 0 Å². The first-order valence-electron chi connectivity index (χ1n) is 5.85. The molecular formula is C11H22N2O. The zero-order chi connectivity index (χ0) is 9.80. The molecule has 2 bridgehead atoms. The van der Waals surface area contributed by atoms with Crippen molar-refractivity contribution in [3.63, 3.8) is 0 Å². The summed E-state index contributed by atoms with van der Waals surface area (Å²) in [6, 6.07) is 0.783. The second kappa shape index (κ2) is 5.10. The summed E-state index contributed by atoms with van der Waals surface area (Å²) in [4.78, 5) is 2.60. The first-order valence-corrected chi connectivity index (χ1v) is 5.85. The molecule has 2 aliphatic rings. The predicted octanol–water partition coefficient (Wildman–Crippen LogP) is 0.707. The van der Waals surface area contributed by atoms with Gasteiger partial charge >= 0.3 is 0 Å². The first kappa shape index (κ1) is 10.4. The van der Waals surface area contributed by atoms with Gasteiger partial charge in [0.2, 0.25) is 0 Å². The highest BCUT2D eigenvalue weighted by atomic mass is 16.5. The molecular weight excluding hydrogens is 176 g/mol. The van der Waals surface area contributed by atoms with Gasteiger partial charge in [0.05, 0.1) is 0 Å². The maximum absolute atomic E-state index is 5.04. The third-order valence-electron chi connectivity index (χ3n) is 3.57. The van der Waals surface area contributed by atoms with Crippen LogP contribution in [0.25, 0.3) is 0 Å². The number of rotatable bonds is 5. The molecule has 0 aliphatic carbocycles. The van der Waals surface area contributed by atoms with Gasteiger partial charge in [0.1, 0.15) is 0 Å². The minimum absolute atomic E-state index is 0.783. The van der Waals surface area contributed by atoms with Crippen molar-refractivity contribution in [1.82, 2.24) is 10.2 Å². The van der Waals surface area contributed by atoms with E-state index < -0.39 is 0 Å². The van der Waals surface area contributed by atoms with Gasteiger partial charge in [-0.15, -0.1) is 0 Å². The molecule has 2 fully saturated rings. The predicted molar refractivity (Wildman–Crippen MR) is 57.4 cm³/mol. The first-order chi connectivity index (χ1) is 6.90. The lowest BCUT2D eigenvalue weighted by Gasteiger charge is -2.31. The van der Waals surface area contributed by atoms with E-state index in [1.54, 1.807) is 7.11 Å². The average Bonchev–Trinajstić information content (AvgIpc) is 2.59. The van der Waals surface area contributed by atoms with Crippen molar-refractivity contribution in [2.75, 3.05) is 39.9 Å². The van der Waals surface area contributed by atoms with Gasteiger partial charge < -0.3 is 15.0 Å². The van der Waals surface area contributed by atoms with Crippen LogP contribution >= 0.6 is 0 Å². The van der Waals surface area contributed by atoms with Gasteiger partial charge in [-0.3, -0.25) is 0 Å². The van der Waals surface area contributed by atoms with Crippen LogP contribution in [-0.4, -0.2) is 50.8 Å². The van der Waals surface area contributed by atoms with Crippen molar-refractivity contribution in [3.05, 3.63) is 0 Å². The minimum Gasteiger partial charge on any atom is -0.385 e. The van der Waals surface area contributed by atoms with Gasteiger partial charge in [-0.2, -0.15) is 0 Å². The summed E-state index contributed by atoms with van der Waals surface area (Å²) >= 11 is 0. The van der Waals surface area contributed by atoms with Crippen LogP contribution in [0.3, 0.4) is 0 Å². The molecule has 0 radical (unpaired) electrons. The molecule has 2 rings (SSSR count). The maximum Gasteiger partial charge on any atom is 0.0474 e. The van der Waals surface area contributed by atoms with E-state index in [0.29, 0.717) is 0 Å². The van der Waals surface area contributed by atoms with Crippen LogP contribution in [0.4, 0.5) is 0 Å². The molecule has 0 aromatic rings. The van der Waals surface area contributed by atoms with Crippen molar-refractivity contribution in [2.24, 2.45) is 5.92 Å². The molecule has 14 heavy (non-hydrogen) atoms. The Morgan fingerprint density at radius 1 is 1.36 bits per heavy atom. The number of hydrogen-bond donors (Lipinski definition) is 1. The summed E-state index contributed by atoms with van der Waals surface area (Å²) in [6.45, 7) is 5.98. The molecule has 1 N–H and O–H groups in total. The minimum atomic E-state index is 0.783. The Morgan fingerprint density at radius 2 is 2.21 bits per heavy atom. The summed E-state index contributed by atoms with van der Waals surface area (Å²) in [5.41, 5.74) is 0. The van der Waals surface area contributed by atoms with Gasteiger partial charge in [-0.1, -0.05) is 0 Å². The Bertz CT molecular complexity index is 175. The highest BCUT2D eigenvalue weighted by Crippen LogP contribution is 2.26. The summed E-state index contributed by atoms with van der Waals surface area (Å²) in [7, 11) is 1.77. The molecule has 0 amide bonds. The van der Waals surface area contributed by atoms with Crippen LogP contribution in [0, 0.1) is 5.92 Å². The van der Waals surface area contributed by atoms with Gasteiger partial charge in [0.25, 0.3) is 0 Å². The van der Waals surface area contributed by atoms with Crippen LogP contribution in [0.5, 0.6) is 0 Å². The second-order valence-corrected chi connectivity index (χ2v) is 4.55. The summed E-state index contributed by atoms with van der Waals surface area (Å²) in [6.07, 6.45) is 3.89. The lowest BCUT2D eigenvalue weighted by atomic mass is 9.94. The number of hydrogen-bond acceptors (Lipinski definition) is 3. The van der Waals surface area contributed by atoms with Crippen molar-refractivity contribution < 1.29 is 4.74 Å². The number of nitrogens with one attached hydrogen (secondary N) is 1. The van der Waals surface area contributed by atoms with Crippen molar-refractivity contribution in [3.8, 4) is 0 Å². The maximum atomic E-state index is 5.04. The van der Waals surface area contributed by atoms with E-state index >= 15 is 0 Å².